The molecule has 5 nitrogen and oxygen atoms in total. The molecule has 126 valence electrons. The Balaban J connectivity index is 1.96. The molecule has 0 saturated carbocycles. The average Bonchev–Trinajstić information content (AvgIpc) is 2.84. The topological polar surface area (TPSA) is 57.1 Å². The van der Waals surface area contributed by atoms with Gasteiger partial charge in [0.05, 0.1) is 6.92 Å². The van der Waals surface area contributed by atoms with E-state index >= 15 is 0 Å². The van der Waals surface area contributed by atoms with Crippen molar-refractivity contribution in [3.8, 4) is 0 Å². The highest BCUT2D eigenvalue weighted by Gasteiger charge is 2.57. The number of hydrogen-bond donors (Lipinski definition) is 0. The molecule has 2 aliphatic rings. The number of nitrogens with zero attached hydrogens (tertiary/aromatic N) is 1. The van der Waals surface area contributed by atoms with E-state index in [0.717, 1.165) is 11.0 Å². The number of ketones is 1. The van der Waals surface area contributed by atoms with Crippen LogP contribution in [0.1, 0.15) is 45.7 Å². The lowest BCUT2D eigenvalue weighted by Crippen LogP contribution is -2.42. The Hall–Kier alpha value is -1.79. The van der Waals surface area contributed by atoms with E-state index in [-0.39, 0.29) is 5.78 Å². The van der Waals surface area contributed by atoms with Crippen LogP contribution in [0.25, 0.3) is 0 Å². The highest BCUT2D eigenvalue weighted by Crippen LogP contribution is 2.36. The molecule has 0 N–H and O–H groups in total. The number of benzene rings is 1. The van der Waals surface area contributed by atoms with Gasteiger partial charge >= 0.3 is 7.12 Å². The molecule has 1 aromatic rings. The summed E-state index contributed by atoms with van der Waals surface area (Å²) in [6.45, 7) is 15.3. The zero-order valence-electron chi connectivity index (χ0n) is 15.1. The molecular weight excluding hydrogens is 305 g/mol. The molecular formula is C18H23BNO4+. The fraction of sp³-hybridized carbons (Fsp3) is 0.500. The molecule has 1 atom stereocenters. The van der Waals surface area contributed by atoms with Crippen LogP contribution in [0.4, 0.5) is 0 Å². The molecule has 2 heterocycles. The molecule has 24 heavy (non-hydrogen) atoms. The second kappa shape index (κ2) is 5.10. The van der Waals surface area contributed by atoms with Crippen molar-refractivity contribution in [3.63, 3.8) is 0 Å². The molecule has 1 aromatic carbocycles. The second-order valence-electron chi connectivity index (χ2n) is 7.75. The first-order valence-corrected chi connectivity index (χ1v) is 8.07. The molecule has 6 heteroatoms. The zero-order valence-corrected chi connectivity index (χ0v) is 15.1. The van der Waals surface area contributed by atoms with Crippen molar-refractivity contribution in [1.82, 2.24) is 0 Å². The van der Waals surface area contributed by atoms with Crippen LogP contribution in [-0.4, -0.2) is 35.4 Å². The molecule has 0 aromatic heterocycles. The third kappa shape index (κ3) is 2.54. The van der Waals surface area contributed by atoms with Crippen LogP contribution in [0, 0.1) is 13.8 Å². The molecule has 0 radical (unpaired) electrons. The van der Waals surface area contributed by atoms with E-state index in [1.54, 1.807) is 13.8 Å². The fourth-order valence-electron chi connectivity index (χ4n) is 2.67. The third-order valence-corrected chi connectivity index (χ3v) is 4.98. The Morgan fingerprint density at radius 1 is 1.12 bits per heavy atom. The van der Waals surface area contributed by atoms with Crippen molar-refractivity contribution in [2.75, 3.05) is 0 Å². The molecule has 0 amide bonds. The van der Waals surface area contributed by atoms with E-state index in [0.29, 0.717) is 11.3 Å². The maximum atomic E-state index is 12.4. The molecule has 2 aliphatic heterocycles. The van der Waals surface area contributed by atoms with Gasteiger partial charge in [-0.05, 0) is 40.1 Å². The lowest BCUT2D eigenvalue weighted by molar-refractivity contribution is -0.128. The van der Waals surface area contributed by atoms with Gasteiger partial charge in [-0.2, -0.15) is 0 Å². The standard InChI is InChI=1S/C18H23BNO4/c1-11-8-9-12(14-15(21)16(2,3)24-20-14)10-13(11)19-22-17(4,5)18(6,7)23-19/h8-10H,4H2,1-3,5-7H3/q+1. The van der Waals surface area contributed by atoms with Gasteiger partial charge in [-0.3, -0.25) is 4.79 Å². The zero-order chi connectivity index (χ0) is 17.9. The number of hydrogen-bond acceptors (Lipinski definition) is 5. The normalized spacial score (nSPS) is 28.0. The van der Waals surface area contributed by atoms with Gasteiger partial charge < -0.3 is 14.1 Å². The van der Waals surface area contributed by atoms with Gasteiger partial charge in [-0.1, -0.05) is 28.9 Å². The van der Waals surface area contributed by atoms with Crippen LogP contribution >= 0.6 is 0 Å². The Labute approximate surface area is 143 Å². The van der Waals surface area contributed by atoms with Crippen molar-refractivity contribution >= 4 is 24.1 Å². The van der Waals surface area contributed by atoms with Crippen LogP contribution in [0.15, 0.2) is 23.4 Å². The highest BCUT2D eigenvalue weighted by atomic mass is 16.7. The lowest BCUT2D eigenvalue weighted by atomic mass is 9.75. The fourth-order valence-corrected chi connectivity index (χ4v) is 2.67. The Morgan fingerprint density at radius 3 is 2.29 bits per heavy atom. The minimum atomic E-state index is -0.922. The van der Waals surface area contributed by atoms with Gasteiger partial charge in [0.2, 0.25) is 11.4 Å². The number of oxime groups is 1. The number of Topliss-reactive ketones (excluding diaryl/α,β-unsaturated/α-hetero) is 1. The smallest absolute Gasteiger partial charge is 0.395 e. The monoisotopic (exact) mass is 328 g/mol. The molecule has 1 fully saturated rings. The summed E-state index contributed by atoms with van der Waals surface area (Å²) in [5, 5.41) is 3.97. The van der Waals surface area contributed by atoms with Gasteiger partial charge in [-0.15, -0.1) is 0 Å². The van der Waals surface area contributed by atoms with E-state index in [4.69, 9.17) is 14.1 Å². The molecule has 1 unspecified atom stereocenters. The van der Waals surface area contributed by atoms with E-state index < -0.39 is 23.9 Å². The van der Waals surface area contributed by atoms with Crippen molar-refractivity contribution in [2.24, 2.45) is 5.16 Å². The summed E-state index contributed by atoms with van der Waals surface area (Å²) < 4.78 is 12.1. The first kappa shape index (κ1) is 17.1. The van der Waals surface area contributed by atoms with Crippen LogP contribution in [0.2, 0.25) is 0 Å². The van der Waals surface area contributed by atoms with Gasteiger partial charge in [-0.25, -0.2) is 0 Å². The van der Waals surface area contributed by atoms with Crippen molar-refractivity contribution in [2.45, 2.75) is 58.3 Å². The number of carbonyl (C=O) groups excluding carboxylic acids is 1. The lowest BCUT2D eigenvalue weighted by Gasteiger charge is -2.25. The van der Waals surface area contributed by atoms with E-state index in [9.17, 15) is 4.79 Å². The van der Waals surface area contributed by atoms with Crippen LogP contribution in [0.5, 0.6) is 0 Å². The van der Waals surface area contributed by atoms with Gasteiger partial charge in [0.25, 0.3) is 0 Å². The van der Waals surface area contributed by atoms with Crippen LogP contribution in [-0.2, 0) is 18.9 Å². The maximum absolute atomic E-state index is 12.4. The summed E-state index contributed by atoms with van der Waals surface area (Å²) >= 11 is 0. The summed E-state index contributed by atoms with van der Waals surface area (Å²) in [5.74, 6) is -0.132. The molecule has 3 rings (SSSR count). The number of aryl methyl sites for hydroxylation is 1. The molecule has 0 spiro atoms. The predicted octanol–water partition coefficient (Wildman–Crippen LogP) is 2.19. The van der Waals surface area contributed by atoms with Gasteiger partial charge in [0, 0.05) is 12.5 Å². The summed E-state index contributed by atoms with van der Waals surface area (Å²) in [6, 6.07) is 5.69. The highest BCUT2D eigenvalue weighted by molar-refractivity contribution is 6.63. The van der Waals surface area contributed by atoms with Gasteiger partial charge in [0.15, 0.2) is 11.3 Å². The quantitative estimate of drug-likeness (QED) is 0.617. The van der Waals surface area contributed by atoms with Crippen molar-refractivity contribution < 1.29 is 18.9 Å². The summed E-state index contributed by atoms with van der Waals surface area (Å²) in [4.78, 5) is 17.7. The second-order valence-corrected chi connectivity index (χ2v) is 7.75. The van der Waals surface area contributed by atoms with E-state index in [1.165, 1.54) is 0 Å². The first-order valence-electron chi connectivity index (χ1n) is 8.07. The molecule has 1 saturated heterocycles. The maximum Gasteiger partial charge on any atom is 0.498 e. The van der Waals surface area contributed by atoms with Crippen molar-refractivity contribution in [3.05, 3.63) is 36.2 Å². The Kier molecular flexibility index (Phi) is 3.63. The largest absolute Gasteiger partial charge is 0.498 e. The van der Waals surface area contributed by atoms with Crippen molar-refractivity contribution in [1.29, 1.82) is 0 Å². The Morgan fingerprint density at radius 2 is 1.79 bits per heavy atom. The SMILES string of the molecule is [CH2+]C1(C)OB(c2cc(C3=NOC(C)(C)C3=O)ccc2C)OC1(C)C. The van der Waals surface area contributed by atoms with E-state index in [1.807, 2.05) is 45.9 Å². The van der Waals surface area contributed by atoms with Gasteiger partial charge in [0.1, 0.15) is 5.60 Å². The van der Waals surface area contributed by atoms with Crippen LogP contribution < -0.4 is 5.46 Å². The third-order valence-electron chi connectivity index (χ3n) is 4.98. The summed E-state index contributed by atoms with van der Waals surface area (Å²) in [7, 11) is -0.534. The number of rotatable bonds is 2. The predicted molar refractivity (Wildman–Crippen MR) is 93.3 cm³/mol. The Bertz CT molecular complexity index is 721. The molecule has 0 aliphatic carbocycles. The van der Waals surface area contributed by atoms with E-state index in [2.05, 4.69) is 12.1 Å². The minimum Gasteiger partial charge on any atom is -0.395 e. The number of carbonyl (C=O) groups is 1. The summed E-state index contributed by atoms with van der Waals surface area (Å²) in [5.41, 5.74) is 0.813. The molecule has 0 bridgehead atoms. The van der Waals surface area contributed by atoms with Crippen LogP contribution in [0.3, 0.4) is 0 Å². The first-order chi connectivity index (χ1) is 10.9. The minimum absolute atomic E-state index is 0.132. The average molecular weight is 328 g/mol. The summed E-state index contributed by atoms with van der Waals surface area (Å²) in [6.07, 6.45) is 0.